The average molecular weight is 504 g/mol. The van der Waals surface area contributed by atoms with Gasteiger partial charge in [0.25, 0.3) is 0 Å². The Labute approximate surface area is 219 Å². The van der Waals surface area contributed by atoms with Crippen LogP contribution in [0.2, 0.25) is 0 Å². The van der Waals surface area contributed by atoms with Gasteiger partial charge in [0, 0.05) is 43.9 Å². The summed E-state index contributed by atoms with van der Waals surface area (Å²) in [4.78, 5) is 41.4. The van der Waals surface area contributed by atoms with Crippen LogP contribution in [0.5, 0.6) is 0 Å². The van der Waals surface area contributed by atoms with Gasteiger partial charge in [-0.1, -0.05) is 60.7 Å². The molecule has 0 N–H and O–H groups in total. The molecular weight excluding hydrogens is 466 g/mol. The van der Waals surface area contributed by atoms with E-state index in [1.165, 1.54) is 12.7 Å². The van der Waals surface area contributed by atoms with E-state index in [9.17, 15) is 14.4 Å². The van der Waals surface area contributed by atoms with Crippen LogP contribution >= 0.6 is 0 Å². The number of nitrogens with zero attached hydrogens (tertiary/aromatic N) is 3. The Kier molecular flexibility index (Phi) is 10.5. The van der Waals surface area contributed by atoms with Crippen molar-refractivity contribution in [2.24, 2.45) is 0 Å². The summed E-state index contributed by atoms with van der Waals surface area (Å²) in [5.74, 6) is -0.599. The Morgan fingerprint density at radius 3 is 2.08 bits per heavy atom. The number of carbonyl (C=O) groups is 3. The summed E-state index contributed by atoms with van der Waals surface area (Å²) >= 11 is 0. The number of ether oxygens (including phenoxy) is 1. The van der Waals surface area contributed by atoms with Gasteiger partial charge in [0.2, 0.25) is 11.8 Å². The number of aromatic nitrogens is 1. The van der Waals surface area contributed by atoms with Gasteiger partial charge in [-0.15, -0.1) is 0 Å². The molecule has 1 heterocycles. The first-order chi connectivity index (χ1) is 17.9. The van der Waals surface area contributed by atoms with Crippen molar-refractivity contribution in [3.8, 4) is 0 Å². The SMILES string of the molecule is COC(=O)CCCC(=O)N(CC(=O)N(Cc1ccccc1)Cc1cccn1Cc1ccccc1)C(C)C. The Balaban J connectivity index is 1.75. The third-order valence-corrected chi connectivity index (χ3v) is 6.29. The van der Waals surface area contributed by atoms with Crippen molar-refractivity contribution >= 4 is 17.8 Å². The Morgan fingerprint density at radius 1 is 0.811 bits per heavy atom. The maximum atomic E-state index is 13.6. The number of hydrogen-bond donors (Lipinski definition) is 0. The first kappa shape index (κ1) is 27.7. The summed E-state index contributed by atoms with van der Waals surface area (Å²) < 4.78 is 6.81. The highest BCUT2D eigenvalue weighted by molar-refractivity contribution is 5.85. The van der Waals surface area contributed by atoms with Crippen molar-refractivity contribution < 1.29 is 19.1 Å². The van der Waals surface area contributed by atoms with Crippen LogP contribution in [0.4, 0.5) is 0 Å². The third kappa shape index (κ3) is 8.63. The lowest BCUT2D eigenvalue weighted by atomic mass is 10.1. The highest BCUT2D eigenvalue weighted by Crippen LogP contribution is 2.15. The molecule has 0 atom stereocenters. The van der Waals surface area contributed by atoms with Crippen molar-refractivity contribution in [1.82, 2.24) is 14.4 Å². The van der Waals surface area contributed by atoms with Crippen molar-refractivity contribution in [2.75, 3.05) is 13.7 Å². The monoisotopic (exact) mass is 503 g/mol. The zero-order chi connectivity index (χ0) is 26.6. The minimum atomic E-state index is -0.340. The van der Waals surface area contributed by atoms with Crippen LogP contribution < -0.4 is 0 Å². The first-order valence-corrected chi connectivity index (χ1v) is 12.7. The van der Waals surface area contributed by atoms with Crippen molar-refractivity contribution in [1.29, 1.82) is 0 Å². The standard InChI is InChI=1S/C30H37N3O4/c1-24(2)33(28(34)17-10-18-30(36)37-3)23-29(35)32(21-26-14-8-5-9-15-26)22-27-16-11-19-31(27)20-25-12-6-4-7-13-25/h4-9,11-16,19,24H,10,17-18,20-23H2,1-3H3. The zero-order valence-electron chi connectivity index (χ0n) is 22.0. The minimum Gasteiger partial charge on any atom is -0.469 e. The molecule has 0 aliphatic heterocycles. The molecule has 2 aromatic carbocycles. The quantitative estimate of drug-likeness (QED) is 0.319. The van der Waals surface area contributed by atoms with Crippen LogP contribution in [0.1, 0.15) is 49.9 Å². The van der Waals surface area contributed by atoms with Gasteiger partial charge in [-0.3, -0.25) is 14.4 Å². The lowest BCUT2D eigenvalue weighted by molar-refractivity contribution is -0.143. The molecule has 37 heavy (non-hydrogen) atoms. The van der Waals surface area contributed by atoms with E-state index in [2.05, 4.69) is 21.4 Å². The third-order valence-electron chi connectivity index (χ3n) is 6.29. The molecule has 7 nitrogen and oxygen atoms in total. The van der Waals surface area contributed by atoms with Crippen LogP contribution in [0.25, 0.3) is 0 Å². The largest absolute Gasteiger partial charge is 0.469 e. The summed E-state index contributed by atoms with van der Waals surface area (Å²) in [6.45, 7) is 5.37. The second-order valence-electron chi connectivity index (χ2n) is 9.39. The van der Waals surface area contributed by atoms with E-state index >= 15 is 0 Å². The molecule has 1 aromatic heterocycles. The predicted octanol–water partition coefficient (Wildman–Crippen LogP) is 4.65. The maximum Gasteiger partial charge on any atom is 0.305 e. The van der Waals surface area contributed by atoms with Gasteiger partial charge >= 0.3 is 5.97 Å². The van der Waals surface area contributed by atoms with E-state index in [4.69, 9.17) is 0 Å². The van der Waals surface area contributed by atoms with Crippen molar-refractivity contribution in [2.45, 2.75) is 58.8 Å². The number of methoxy groups -OCH3 is 1. The fraction of sp³-hybridized carbons (Fsp3) is 0.367. The molecule has 0 spiro atoms. The van der Waals surface area contributed by atoms with Crippen LogP contribution in [-0.4, -0.2) is 51.8 Å². The fourth-order valence-corrected chi connectivity index (χ4v) is 4.19. The zero-order valence-corrected chi connectivity index (χ0v) is 22.0. The molecule has 0 radical (unpaired) electrons. The highest BCUT2D eigenvalue weighted by Gasteiger charge is 2.24. The van der Waals surface area contributed by atoms with Gasteiger partial charge in [0.15, 0.2) is 0 Å². The number of hydrogen-bond acceptors (Lipinski definition) is 4. The molecule has 196 valence electrons. The van der Waals surface area contributed by atoms with E-state index in [1.807, 2.05) is 85.6 Å². The summed E-state index contributed by atoms with van der Waals surface area (Å²) in [6.07, 6.45) is 2.79. The summed E-state index contributed by atoms with van der Waals surface area (Å²) in [5.41, 5.74) is 3.23. The molecule has 7 heteroatoms. The molecule has 0 bridgehead atoms. The lowest BCUT2D eigenvalue weighted by Crippen LogP contribution is -2.45. The molecule has 0 saturated heterocycles. The molecule has 0 aliphatic rings. The first-order valence-electron chi connectivity index (χ1n) is 12.7. The fourth-order valence-electron chi connectivity index (χ4n) is 4.19. The van der Waals surface area contributed by atoms with Gasteiger partial charge < -0.3 is 19.1 Å². The van der Waals surface area contributed by atoms with Gasteiger partial charge in [-0.05, 0) is 43.5 Å². The molecule has 3 aromatic rings. The molecule has 0 fully saturated rings. The second kappa shape index (κ2) is 14.0. The van der Waals surface area contributed by atoms with E-state index in [0.29, 0.717) is 26.1 Å². The molecule has 0 saturated carbocycles. The Bertz CT molecular complexity index is 1140. The summed E-state index contributed by atoms with van der Waals surface area (Å²) in [6, 6.07) is 24.0. The van der Waals surface area contributed by atoms with E-state index in [0.717, 1.165) is 11.3 Å². The van der Waals surface area contributed by atoms with E-state index in [-0.39, 0.29) is 43.2 Å². The number of carbonyl (C=O) groups excluding carboxylic acids is 3. The average Bonchev–Trinajstić information content (AvgIpc) is 3.33. The number of amides is 2. The predicted molar refractivity (Wildman–Crippen MR) is 143 cm³/mol. The van der Waals surface area contributed by atoms with Crippen LogP contribution in [0.3, 0.4) is 0 Å². The minimum absolute atomic E-state index is 0.0129. The number of rotatable bonds is 13. The highest BCUT2D eigenvalue weighted by atomic mass is 16.5. The van der Waals surface area contributed by atoms with Gasteiger partial charge in [-0.2, -0.15) is 0 Å². The van der Waals surface area contributed by atoms with Gasteiger partial charge in [0.05, 0.1) is 20.2 Å². The summed E-state index contributed by atoms with van der Waals surface area (Å²) in [7, 11) is 1.33. The van der Waals surface area contributed by atoms with Crippen molar-refractivity contribution in [3.63, 3.8) is 0 Å². The molecular formula is C30H37N3O4. The number of esters is 1. The lowest BCUT2D eigenvalue weighted by Gasteiger charge is -2.30. The Morgan fingerprint density at radius 2 is 1.46 bits per heavy atom. The second-order valence-corrected chi connectivity index (χ2v) is 9.39. The van der Waals surface area contributed by atoms with Crippen LogP contribution in [-0.2, 0) is 38.8 Å². The van der Waals surface area contributed by atoms with Gasteiger partial charge in [-0.25, -0.2) is 0 Å². The van der Waals surface area contributed by atoms with Crippen LogP contribution in [0.15, 0.2) is 79.0 Å². The summed E-state index contributed by atoms with van der Waals surface area (Å²) in [5, 5.41) is 0. The van der Waals surface area contributed by atoms with Crippen LogP contribution in [0, 0.1) is 0 Å². The molecule has 2 amide bonds. The Hall–Kier alpha value is -3.87. The maximum absolute atomic E-state index is 13.6. The van der Waals surface area contributed by atoms with Gasteiger partial charge in [0.1, 0.15) is 0 Å². The van der Waals surface area contributed by atoms with E-state index < -0.39 is 0 Å². The molecule has 3 rings (SSSR count). The van der Waals surface area contributed by atoms with Crippen molar-refractivity contribution in [3.05, 3.63) is 95.8 Å². The number of benzene rings is 2. The molecule has 0 aliphatic carbocycles. The van der Waals surface area contributed by atoms with E-state index in [1.54, 1.807) is 4.90 Å². The normalized spacial score (nSPS) is 10.8. The molecule has 0 unspecified atom stereocenters. The topological polar surface area (TPSA) is 71.8 Å². The smallest absolute Gasteiger partial charge is 0.305 e.